The maximum Gasteiger partial charge on any atom is 0.326 e. The zero-order valence-electron chi connectivity index (χ0n) is 20.1. The van der Waals surface area contributed by atoms with Gasteiger partial charge in [-0.05, 0) is 30.0 Å². The number of phenols is 1. The second-order valence-corrected chi connectivity index (χ2v) is 8.42. The summed E-state index contributed by atoms with van der Waals surface area (Å²) in [4.78, 5) is 60.4. The highest BCUT2D eigenvalue weighted by Crippen LogP contribution is 2.12. The Balaban J connectivity index is 3.07. The van der Waals surface area contributed by atoms with Crippen LogP contribution in [0.25, 0.3) is 0 Å². The van der Waals surface area contributed by atoms with Gasteiger partial charge in [0.2, 0.25) is 17.7 Å². The molecule has 0 bridgehead atoms. The summed E-state index contributed by atoms with van der Waals surface area (Å²) in [6, 6.07) is 0.411. The van der Waals surface area contributed by atoms with Crippen LogP contribution in [0, 0.1) is 5.92 Å². The van der Waals surface area contributed by atoms with Crippen molar-refractivity contribution in [3.8, 4) is 5.75 Å². The van der Waals surface area contributed by atoms with Gasteiger partial charge in [-0.1, -0.05) is 32.4 Å². The molecule has 200 valence electrons. The number of aliphatic hydroxyl groups is 1. The highest BCUT2D eigenvalue weighted by atomic mass is 16.4. The predicted molar refractivity (Wildman–Crippen MR) is 127 cm³/mol. The first kappa shape index (κ1) is 30.3. The minimum Gasteiger partial charge on any atom is -0.508 e. The average molecular weight is 511 g/mol. The topological polar surface area (TPSA) is 228 Å². The van der Waals surface area contributed by atoms with E-state index in [9.17, 15) is 39.3 Å². The summed E-state index contributed by atoms with van der Waals surface area (Å²) in [6.07, 6.45) is -0.436. The molecule has 0 aliphatic rings. The molecule has 0 saturated heterocycles. The number of aromatic hydroxyl groups is 1. The maximum atomic E-state index is 12.9. The number of hydrogen-bond donors (Lipinski definition) is 8. The fourth-order valence-electron chi connectivity index (χ4n) is 3.12. The number of phenolic OH excluding ortho intramolecular Hbond substituents is 1. The van der Waals surface area contributed by atoms with E-state index in [0.717, 1.165) is 0 Å². The van der Waals surface area contributed by atoms with Crippen LogP contribution in [0.4, 0.5) is 0 Å². The number of carbonyl (C=O) groups excluding carboxylic acids is 3. The first-order valence-electron chi connectivity index (χ1n) is 11.4. The fraction of sp³-hybridized carbons (Fsp3) is 0.522. The van der Waals surface area contributed by atoms with Crippen molar-refractivity contribution < 1.29 is 44.4 Å². The second-order valence-electron chi connectivity index (χ2n) is 8.42. The van der Waals surface area contributed by atoms with Crippen molar-refractivity contribution in [3.05, 3.63) is 29.8 Å². The van der Waals surface area contributed by atoms with Crippen LogP contribution in [0.2, 0.25) is 0 Å². The first-order valence-corrected chi connectivity index (χ1v) is 11.4. The molecule has 13 nitrogen and oxygen atoms in total. The van der Waals surface area contributed by atoms with Crippen LogP contribution in [0.1, 0.15) is 38.7 Å². The maximum absolute atomic E-state index is 12.9. The second kappa shape index (κ2) is 14.6. The summed E-state index contributed by atoms with van der Waals surface area (Å²) < 4.78 is 0. The molecule has 0 aromatic heterocycles. The quantitative estimate of drug-likeness (QED) is 0.139. The lowest BCUT2D eigenvalue weighted by atomic mass is 9.99. The number of nitrogens with one attached hydrogen (secondary N) is 3. The van der Waals surface area contributed by atoms with E-state index in [0.29, 0.717) is 12.0 Å². The fourth-order valence-corrected chi connectivity index (χ4v) is 3.12. The van der Waals surface area contributed by atoms with Crippen molar-refractivity contribution in [1.82, 2.24) is 16.0 Å². The number of carboxylic acids is 2. The zero-order chi connectivity index (χ0) is 27.4. The molecular weight excluding hydrogens is 476 g/mol. The number of carboxylic acid groups (broad SMARTS) is 2. The third-order valence-corrected chi connectivity index (χ3v) is 5.65. The molecule has 0 fully saturated rings. The highest BCUT2D eigenvalue weighted by molar-refractivity contribution is 5.94. The Morgan fingerprint density at radius 1 is 0.889 bits per heavy atom. The van der Waals surface area contributed by atoms with Gasteiger partial charge in [0.1, 0.15) is 23.9 Å². The van der Waals surface area contributed by atoms with Gasteiger partial charge >= 0.3 is 11.9 Å². The highest BCUT2D eigenvalue weighted by Gasteiger charge is 2.31. The van der Waals surface area contributed by atoms with Gasteiger partial charge in [0.15, 0.2) is 0 Å². The van der Waals surface area contributed by atoms with Gasteiger partial charge in [0.05, 0.1) is 12.6 Å². The van der Waals surface area contributed by atoms with E-state index in [1.54, 1.807) is 6.92 Å². The van der Waals surface area contributed by atoms with Gasteiger partial charge in [-0.3, -0.25) is 19.2 Å². The standard InChI is InChI=1S/C23H34N4O9/c1-3-12(2)19(24)22(34)27-17(11-28)21(33)26-16(10-13-4-6-14(29)7-5-13)20(32)25-15(23(35)36)8-9-18(30)31/h4-7,12,15-17,19,28-29H,3,8-11,24H2,1-2H3,(H,25,32)(H,26,33)(H,27,34)(H,30,31)(H,35,36). The minimum absolute atomic E-state index is 0.0379. The number of rotatable bonds is 15. The van der Waals surface area contributed by atoms with Gasteiger partial charge in [-0.2, -0.15) is 0 Å². The Hall–Kier alpha value is -3.71. The Morgan fingerprint density at radius 3 is 1.92 bits per heavy atom. The summed E-state index contributed by atoms with van der Waals surface area (Å²) in [6.45, 7) is 2.79. The first-order chi connectivity index (χ1) is 16.9. The van der Waals surface area contributed by atoms with Crippen LogP contribution < -0.4 is 21.7 Å². The molecule has 3 amide bonds. The number of carbonyl (C=O) groups is 5. The van der Waals surface area contributed by atoms with Crippen molar-refractivity contribution >= 4 is 29.7 Å². The monoisotopic (exact) mass is 510 g/mol. The lowest BCUT2D eigenvalue weighted by molar-refractivity contribution is -0.143. The van der Waals surface area contributed by atoms with Crippen LogP contribution in [0.3, 0.4) is 0 Å². The molecule has 36 heavy (non-hydrogen) atoms. The summed E-state index contributed by atoms with van der Waals surface area (Å²) in [5, 5.41) is 44.2. The molecule has 5 unspecified atom stereocenters. The number of benzene rings is 1. The van der Waals surface area contributed by atoms with Crippen LogP contribution >= 0.6 is 0 Å². The van der Waals surface area contributed by atoms with Crippen LogP contribution in [0.5, 0.6) is 5.75 Å². The molecule has 1 rings (SSSR count). The van der Waals surface area contributed by atoms with Crippen LogP contribution in [-0.4, -0.2) is 80.9 Å². The molecule has 0 heterocycles. The summed E-state index contributed by atoms with van der Waals surface area (Å²) in [7, 11) is 0. The Labute approximate surface area is 208 Å². The van der Waals surface area contributed by atoms with E-state index in [1.165, 1.54) is 24.3 Å². The van der Waals surface area contributed by atoms with Crippen molar-refractivity contribution in [2.75, 3.05) is 6.61 Å². The summed E-state index contributed by atoms with van der Waals surface area (Å²) >= 11 is 0. The number of nitrogens with two attached hydrogens (primary N) is 1. The Bertz CT molecular complexity index is 923. The molecule has 1 aromatic carbocycles. The smallest absolute Gasteiger partial charge is 0.326 e. The van der Waals surface area contributed by atoms with Gasteiger partial charge < -0.3 is 42.1 Å². The SMILES string of the molecule is CCC(C)C(N)C(=O)NC(CO)C(=O)NC(Cc1ccc(O)cc1)C(=O)NC(CCC(=O)O)C(=O)O. The molecule has 0 saturated carbocycles. The van der Waals surface area contributed by atoms with E-state index in [1.807, 2.05) is 6.92 Å². The predicted octanol–water partition coefficient (Wildman–Crippen LogP) is -1.30. The third-order valence-electron chi connectivity index (χ3n) is 5.65. The molecule has 5 atom stereocenters. The largest absolute Gasteiger partial charge is 0.508 e. The molecule has 0 aliphatic heterocycles. The summed E-state index contributed by atoms with van der Waals surface area (Å²) in [5.74, 6) is -5.45. The molecule has 0 aliphatic carbocycles. The Morgan fingerprint density at radius 2 is 1.42 bits per heavy atom. The molecule has 9 N–H and O–H groups in total. The van der Waals surface area contributed by atoms with E-state index < -0.39 is 66.9 Å². The summed E-state index contributed by atoms with van der Waals surface area (Å²) in [5.41, 5.74) is 6.36. The average Bonchev–Trinajstić information content (AvgIpc) is 2.84. The lowest BCUT2D eigenvalue weighted by Gasteiger charge is -2.25. The number of hydrogen-bond acceptors (Lipinski definition) is 8. The molecular formula is C23H34N4O9. The molecule has 0 radical (unpaired) electrons. The molecule has 13 heteroatoms. The lowest BCUT2D eigenvalue weighted by Crippen LogP contribution is -2.59. The molecule has 0 spiro atoms. The van der Waals surface area contributed by atoms with E-state index in [4.69, 9.17) is 10.8 Å². The van der Waals surface area contributed by atoms with Crippen molar-refractivity contribution in [2.24, 2.45) is 11.7 Å². The van der Waals surface area contributed by atoms with Gasteiger partial charge in [-0.15, -0.1) is 0 Å². The Kier molecular flexibility index (Phi) is 12.3. The number of aliphatic hydroxyl groups excluding tert-OH is 1. The normalized spacial score (nSPS) is 15.0. The number of amides is 3. The minimum atomic E-state index is -1.53. The van der Waals surface area contributed by atoms with Gasteiger partial charge in [0, 0.05) is 12.8 Å². The van der Waals surface area contributed by atoms with E-state index in [-0.39, 0.29) is 24.5 Å². The van der Waals surface area contributed by atoms with E-state index in [2.05, 4.69) is 16.0 Å². The van der Waals surface area contributed by atoms with Gasteiger partial charge in [-0.25, -0.2) is 4.79 Å². The van der Waals surface area contributed by atoms with E-state index >= 15 is 0 Å². The van der Waals surface area contributed by atoms with Gasteiger partial charge in [0.25, 0.3) is 0 Å². The number of aliphatic carboxylic acids is 2. The van der Waals surface area contributed by atoms with Crippen LogP contribution in [-0.2, 0) is 30.4 Å². The van der Waals surface area contributed by atoms with Crippen molar-refractivity contribution in [2.45, 2.75) is 63.7 Å². The molecule has 1 aromatic rings. The van der Waals surface area contributed by atoms with Crippen LogP contribution in [0.15, 0.2) is 24.3 Å². The van der Waals surface area contributed by atoms with Crippen molar-refractivity contribution in [1.29, 1.82) is 0 Å². The zero-order valence-corrected chi connectivity index (χ0v) is 20.1. The van der Waals surface area contributed by atoms with Crippen molar-refractivity contribution in [3.63, 3.8) is 0 Å². The third kappa shape index (κ3) is 9.88.